The molecule has 0 radical (unpaired) electrons. The van der Waals surface area contributed by atoms with Crippen LogP contribution in [-0.4, -0.2) is 383 Å². The number of esters is 1. The second kappa shape index (κ2) is 78.8. The number of rotatable bonds is 89. The Morgan fingerprint density at radius 3 is 0.984 bits per heavy atom. The van der Waals surface area contributed by atoms with Crippen LogP contribution in [0.4, 0.5) is 28.9 Å². The van der Waals surface area contributed by atoms with Gasteiger partial charge in [-0.15, -0.1) is 0 Å². The van der Waals surface area contributed by atoms with Crippen molar-refractivity contribution >= 4 is 46.9 Å². The van der Waals surface area contributed by atoms with Crippen LogP contribution >= 0.6 is 0 Å². The first-order valence-corrected chi connectivity index (χ1v) is 42.6. The summed E-state index contributed by atoms with van der Waals surface area (Å²) in [5.74, 6) is -9.59. The molecular weight excluding hydrogens is 1650 g/mol. The fourth-order valence-corrected chi connectivity index (χ4v) is 10.6. The van der Waals surface area contributed by atoms with E-state index in [9.17, 15) is 36.7 Å². The molecule has 0 fully saturated rings. The molecule has 2 aromatic carbocycles. The van der Waals surface area contributed by atoms with Gasteiger partial charge in [0.2, 0.25) is 23.3 Å². The molecular formula is C85H135F4N5O30. The molecule has 0 aliphatic carbocycles. The highest BCUT2D eigenvalue weighted by Gasteiger charge is 2.25. The molecule has 0 atom stereocenters. The molecule has 3 aromatic rings. The average molecular weight is 1780 g/mol. The second-order valence-corrected chi connectivity index (χ2v) is 26.7. The lowest BCUT2D eigenvalue weighted by Gasteiger charge is -2.22. The van der Waals surface area contributed by atoms with Gasteiger partial charge >= 0.3 is 5.97 Å². The van der Waals surface area contributed by atoms with Gasteiger partial charge in [0.1, 0.15) is 11.6 Å². The minimum atomic E-state index is -1.80. The number of nitrogens with zero attached hydrogens (tertiary/aromatic N) is 3. The third-order valence-electron chi connectivity index (χ3n) is 16.7. The number of Topliss-reactive ketones (excluding diaryl/α,β-unsaturated/α-hetero) is 1. The normalized spacial score (nSPS) is 12.1. The molecule has 1 aromatic heterocycles. The molecule has 0 saturated heterocycles. The Balaban J connectivity index is 0.726. The highest BCUT2D eigenvalue weighted by atomic mass is 19.2. The number of halogens is 4. The number of pyridine rings is 1. The summed E-state index contributed by atoms with van der Waals surface area (Å²) >= 11 is 0. The summed E-state index contributed by atoms with van der Waals surface area (Å²) in [7, 11) is 0. The quantitative estimate of drug-likeness (QED) is 0.0197. The molecule has 0 spiro atoms. The Morgan fingerprint density at radius 1 is 0.379 bits per heavy atom. The molecule has 124 heavy (non-hydrogen) atoms. The molecule has 2 amide bonds. The summed E-state index contributed by atoms with van der Waals surface area (Å²) in [5.41, 5.74) is 9.71. The van der Waals surface area contributed by atoms with Crippen LogP contribution in [0.25, 0.3) is 6.08 Å². The van der Waals surface area contributed by atoms with Gasteiger partial charge in [0.05, 0.1) is 354 Å². The number of aryl methyl sites for hydroxylation is 1. The standard InChI is InChI=1S/C85H135F4N5O30/c1-3-11-94(12-4-2)85(98)73-64-71-6-7-72(65-78(71)93-79(90)66-73)84(97)92-74-63-70(68-91-69-74)5-8-75(95)9-13-99-15-17-101-19-21-103-23-25-105-27-29-107-31-33-109-35-37-111-39-41-113-43-45-115-47-49-117-51-53-119-55-57-121-59-61-123-62-60-122-58-56-120-54-52-118-50-48-116-46-44-114-42-40-112-38-36-110-34-32-108-30-28-106-26-24-104-22-20-102-18-16-100-14-10-80(96)124-83-81(88)76(86)67-77(87)82(83)89/h6-7,63-65,67-69H,3-5,8-62,66H2,1-2H3,(H2,90,93)(H,92,97). The van der Waals surface area contributed by atoms with Crippen LogP contribution in [0.15, 0.2) is 53.3 Å². The number of amides is 2. The van der Waals surface area contributed by atoms with E-state index in [1.54, 1.807) is 36.7 Å². The average Bonchev–Trinajstić information content (AvgIpc) is 1.44. The molecule has 0 bridgehead atoms. The number of nitrogens with two attached hydrogens (primary N) is 1. The number of carbonyl (C=O) groups excluding carboxylic acids is 4. The number of anilines is 1. The van der Waals surface area contributed by atoms with Crippen molar-refractivity contribution in [3.8, 4) is 5.75 Å². The van der Waals surface area contributed by atoms with Gasteiger partial charge in [-0.2, -0.15) is 8.78 Å². The molecule has 0 unspecified atom stereocenters. The third-order valence-corrected chi connectivity index (χ3v) is 16.7. The highest BCUT2D eigenvalue weighted by Crippen LogP contribution is 2.30. The van der Waals surface area contributed by atoms with Gasteiger partial charge < -0.3 is 139 Å². The number of aliphatic imine (C=N–C) groups is 1. The largest absolute Gasteiger partial charge is 0.420 e. The molecule has 0 saturated carbocycles. The summed E-state index contributed by atoms with van der Waals surface area (Å²) in [5, 5.41) is 2.89. The summed E-state index contributed by atoms with van der Waals surface area (Å²) in [6, 6.07) is 6.94. The van der Waals surface area contributed by atoms with Crippen LogP contribution < -0.4 is 15.8 Å². The number of aromatic nitrogens is 1. The lowest BCUT2D eigenvalue weighted by molar-refractivity contribution is -0.136. The van der Waals surface area contributed by atoms with Crippen molar-refractivity contribution in [1.29, 1.82) is 0 Å². The lowest BCUT2D eigenvalue weighted by atomic mass is 10.0. The maximum Gasteiger partial charge on any atom is 0.313 e. The van der Waals surface area contributed by atoms with E-state index in [1.165, 1.54) is 0 Å². The van der Waals surface area contributed by atoms with Crippen molar-refractivity contribution in [3.63, 3.8) is 0 Å². The predicted molar refractivity (Wildman–Crippen MR) is 445 cm³/mol. The summed E-state index contributed by atoms with van der Waals surface area (Å²) in [4.78, 5) is 61.7. The van der Waals surface area contributed by atoms with Crippen molar-refractivity contribution in [1.82, 2.24) is 9.88 Å². The van der Waals surface area contributed by atoms with E-state index in [1.807, 2.05) is 24.8 Å². The van der Waals surface area contributed by atoms with E-state index in [-0.39, 0.29) is 69.5 Å². The van der Waals surface area contributed by atoms with Gasteiger partial charge in [0.15, 0.2) is 11.6 Å². The van der Waals surface area contributed by atoms with Crippen LogP contribution in [0.1, 0.15) is 73.9 Å². The number of hydrogen-bond donors (Lipinski definition) is 2. The Hall–Kier alpha value is -6.40. The lowest BCUT2D eigenvalue weighted by Crippen LogP contribution is -2.34. The van der Waals surface area contributed by atoms with E-state index in [2.05, 4.69) is 20.0 Å². The van der Waals surface area contributed by atoms with E-state index < -0.39 is 41.4 Å². The van der Waals surface area contributed by atoms with Crippen LogP contribution in [0.2, 0.25) is 0 Å². The molecule has 708 valence electrons. The van der Waals surface area contributed by atoms with Gasteiger partial charge in [-0.3, -0.25) is 24.2 Å². The first-order chi connectivity index (χ1) is 60.9. The summed E-state index contributed by atoms with van der Waals surface area (Å²) in [6.07, 6.45) is 7.60. The molecule has 3 N–H and O–H groups in total. The van der Waals surface area contributed by atoms with E-state index in [0.717, 1.165) is 18.4 Å². The van der Waals surface area contributed by atoms with Gasteiger partial charge in [0.25, 0.3) is 5.91 Å². The molecule has 39 heteroatoms. The predicted octanol–water partition coefficient (Wildman–Crippen LogP) is 6.62. The first-order valence-electron chi connectivity index (χ1n) is 42.6. The summed E-state index contributed by atoms with van der Waals surface area (Å²) < 4.78 is 196. The summed E-state index contributed by atoms with van der Waals surface area (Å²) in [6.45, 7) is 25.7. The van der Waals surface area contributed by atoms with Crippen molar-refractivity contribution in [2.24, 2.45) is 10.7 Å². The van der Waals surface area contributed by atoms with Crippen molar-refractivity contribution < 1.29 is 160 Å². The monoisotopic (exact) mass is 1780 g/mol. The highest BCUT2D eigenvalue weighted by molar-refractivity contribution is 6.08. The Labute approximate surface area is 726 Å². The van der Waals surface area contributed by atoms with Crippen molar-refractivity contribution in [3.05, 3.63) is 88.3 Å². The number of carbonyl (C=O) groups is 4. The molecule has 4 rings (SSSR count). The molecule has 2 heterocycles. The maximum atomic E-state index is 13.6. The second-order valence-electron chi connectivity index (χ2n) is 26.7. The Bertz CT molecular complexity index is 3210. The van der Waals surface area contributed by atoms with E-state index >= 15 is 0 Å². The van der Waals surface area contributed by atoms with Crippen LogP contribution in [-0.2, 0) is 139 Å². The number of benzene rings is 2. The third kappa shape index (κ3) is 59.6. The molecule has 35 nitrogen and oxygen atoms in total. The number of amidine groups is 1. The Morgan fingerprint density at radius 2 is 0.677 bits per heavy atom. The zero-order valence-corrected chi connectivity index (χ0v) is 72.5. The van der Waals surface area contributed by atoms with Gasteiger partial charge in [-0.05, 0) is 49.1 Å². The van der Waals surface area contributed by atoms with Gasteiger partial charge in [-0.1, -0.05) is 19.9 Å². The number of ketones is 1. The Kier molecular flexibility index (Phi) is 69.9. The number of ether oxygens (including phenoxy) is 26. The number of fused-ring (bicyclic) bond motifs is 1. The fraction of sp³-hybridized carbons (Fsp3) is 0.718. The van der Waals surface area contributed by atoms with Crippen molar-refractivity contribution in [2.75, 3.05) is 349 Å². The van der Waals surface area contributed by atoms with Gasteiger partial charge in [-0.25, -0.2) is 13.8 Å². The minimum absolute atomic E-state index is 0.0150. The van der Waals surface area contributed by atoms with Crippen LogP contribution in [0.3, 0.4) is 0 Å². The van der Waals surface area contributed by atoms with Crippen LogP contribution in [0, 0.1) is 23.3 Å². The fourth-order valence-electron chi connectivity index (χ4n) is 10.6. The topological polar surface area (TPSA) is 375 Å². The maximum absolute atomic E-state index is 13.6. The molecule has 1 aliphatic rings. The van der Waals surface area contributed by atoms with Crippen LogP contribution in [0.5, 0.6) is 5.75 Å². The smallest absolute Gasteiger partial charge is 0.313 e. The van der Waals surface area contributed by atoms with E-state index in [0.29, 0.717) is 357 Å². The zero-order valence-electron chi connectivity index (χ0n) is 72.5. The first kappa shape index (κ1) is 110. The zero-order chi connectivity index (χ0) is 88.7. The van der Waals surface area contributed by atoms with Crippen molar-refractivity contribution in [2.45, 2.75) is 58.8 Å². The number of nitrogens with one attached hydrogen (secondary N) is 1. The SMILES string of the molecule is CCCN(CCC)C(=O)C1=Cc2ccc(C(=O)Nc3cncc(CCC(=O)CCOCCOCCOCCOCCOCCOCCOCCOCCOCCOCCOCCOCCOCCOCCOCCOCCOCCOCCOCCOCCOCCOCCOCCOCCOCCC(=O)Oc4c(F)c(F)cc(F)c4F)c3)cc2N=C(N)C1. The van der Waals surface area contributed by atoms with E-state index in [4.69, 9.17) is 124 Å². The minimum Gasteiger partial charge on any atom is -0.420 e. The number of hydrogen-bond acceptors (Lipinski definition) is 33. The molecule has 1 aliphatic heterocycles. The van der Waals surface area contributed by atoms with Gasteiger partial charge in [0, 0.05) is 61.3 Å².